The molecule has 5 aliphatic rings. The largest absolute Gasteiger partial charge is 0.477 e. The van der Waals surface area contributed by atoms with Crippen LogP contribution in [0.25, 0.3) is 0 Å². The minimum Gasteiger partial charge on any atom is -0.477 e. The first-order chi connectivity index (χ1) is 59.7. The Balaban J connectivity index is 0.000000143. The molecule has 0 amide bonds. The molecule has 0 saturated carbocycles. The van der Waals surface area contributed by atoms with Gasteiger partial charge in [0.25, 0.3) is 0 Å². The molecule has 4 radical (unpaired) electrons. The number of aryl methyl sites for hydroxylation is 1. The second-order valence-corrected chi connectivity index (χ2v) is 33.4. The molecular weight excluding hydrogens is 2280 g/mol. The van der Waals surface area contributed by atoms with Crippen molar-refractivity contribution in [3.05, 3.63) is 407 Å². The van der Waals surface area contributed by atoms with E-state index in [9.17, 15) is 0 Å². The topological polar surface area (TPSA) is 158 Å². The van der Waals surface area contributed by atoms with Crippen LogP contribution in [-0.2, 0) is 110 Å². The third-order valence-electron chi connectivity index (χ3n) is 20.7. The normalized spacial score (nSPS) is 13.8. The van der Waals surface area contributed by atoms with Gasteiger partial charge in [0.05, 0.1) is 59.0 Å². The van der Waals surface area contributed by atoms with Crippen LogP contribution in [0, 0.1) is 69.5 Å². The Kier molecular flexibility index (Phi) is 31.5. The first-order valence-corrected chi connectivity index (χ1v) is 41.5. The van der Waals surface area contributed by atoms with Crippen LogP contribution >= 0.6 is 0 Å². The summed E-state index contributed by atoms with van der Waals surface area (Å²) in [6.07, 6.45) is 11.2. The summed E-state index contributed by atoms with van der Waals surface area (Å²) in [5.74, 6) is 8.23. The predicted octanol–water partition coefficient (Wildman–Crippen LogP) is 24.1. The summed E-state index contributed by atoms with van der Waals surface area (Å²) < 4.78 is 0. The van der Waals surface area contributed by atoms with E-state index >= 15 is 0 Å². The van der Waals surface area contributed by atoms with E-state index in [1.54, 1.807) is 0 Å². The van der Waals surface area contributed by atoms with E-state index in [1.165, 1.54) is 0 Å². The fourth-order valence-electron chi connectivity index (χ4n) is 14.2. The zero-order valence-electron chi connectivity index (χ0n) is 72.7. The Labute approximate surface area is 802 Å². The van der Waals surface area contributed by atoms with Gasteiger partial charge in [0.15, 0.2) is 0 Å². The van der Waals surface area contributed by atoms with Gasteiger partial charge in [-0.1, -0.05) is 174 Å². The maximum atomic E-state index is 4.98. The number of aromatic nitrogens is 10. The molecule has 654 valence electrons. The molecule has 0 saturated heterocycles. The third kappa shape index (κ3) is 21.8. The zero-order valence-corrected chi connectivity index (χ0v) is 82.2. The molecule has 0 spiro atoms. The van der Waals surface area contributed by atoms with E-state index < -0.39 is 0 Å². The van der Waals surface area contributed by atoms with Crippen molar-refractivity contribution in [2.75, 3.05) is 44.1 Å². The van der Waals surface area contributed by atoms with Gasteiger partial charge in [-0.3, -0.25) is 4.98 Å². The quantitative estimate of drug-likeness (QED) is 0.100. The second-order valence-electron chi connectivity index (χ2n) is 33.4. The average molecular weight is 2380 g/mol. The first-order valence-electron chi connectivity index (χ1n) is 41.5. The Hall–Kier alpha value is -11.6. The molecule has 0 aliphatic carbocycles. The molecule has 20 rings (SSSR count). The summed E-state index contributed by atoms with van der Waals surface area (Å²) in [5.41, 5.74) is 16.0. The third-order valence-corrected chi connectivity index (χ3v) is 20.7. The van der Waals surface area contributed by atoms with Gasteiger partial charge in [-0.05, 0) is 79.4 Å². The Morgan fingerprint density at radius 2 is 0.567 bits per heavy atom. The monoisotopic (exact) mass is 2380 g/mol. The van der Waals surface area contributed by atoms with Gasteiger partial charge in [0.2, 0.25) is 0 Å². The molecule has 127 heavy (non-hydrogen) atoms. The number of hydrogen-bond donors (Lipinski definition) is 0. The summed E-state index contributed by atoms with van der Waals surface area (Å²) in [6, 6.07) is 107. The summed E-state index contributed by atoms with van der Waals surface area (Å²) in [6.45, 7) is 36.2. The van der Waals surface area contributed by atoms with Gasteiger partial charge in [-0.15, -0.1) is 55.3 Å². The minimum atomic E-state index is -0.0612. The molecule has 10 aromatic carbocycles. The molecule has 10 heterocycles. The number of nitrogens with zero attached hydrogens (tertiary/aromatic N) is 19. The van der Waals surface area contributed by atoms with Crippen LogP contribution in [0.5, 0.6) is 0 Å². The summed E-state index contributed by atoms with van der Waals surface area (Å²) in [5, 5.41) is 0. The summed E-state index contributed by atoms with van der Waals surface area (Å²) in [4.78, 5) is 66.7. The number of para-hydroxylation sites is 9. The molecule has 19 nitrogen and oxygen atoms in total. The summed E-state index contributed by atoms with van der Waals surface area (Å²) in [7, 11) is 0. The van der Waals surface area contributed by atoms with E-state index in [4.69, 9.17) is 44.9 Å². The van der Waals surface area contributed by atoms with E-state index in [1.807, 2.05) is 279 Å². The molecule has 0 N–H and O–H groups in total. The van der Waals surface area contributed by atoms with Crippen molar-refractivity contribution in [2.24, 2.45) is 5.92 Å². The van der Waals surface area contributed by atoms with Crippen molar-refractivity contribution in [1.29, 1.82) is 0 Å². The molecule has 23 heteroatoms. The van der Waals surface area contributed by atoms with Gasteiger partial charge < -0.3 is 44.1 Å². The fourth-order valence-corrected chi connectivity index (χ4v) is 14.2. The molecule has 0 fully saturated rings. The second kappa shape index (κ2) is 42.3. The fraction of sp³-hybridized carbons (Fsp3) is 0.183. The van der Waals surface area contributed by atoms with Crippen LogP contribution in [0.15, 0.2) is 304 Å². The first kappa shape index (κ1) is 94.5. The average Bonchev–Trinajstić information content (AvgIpc) is 1.64. The molecule has 15 aromatic rings. The van der Waals surface area contributed by atoms with Gasteiger partial charge in [-0.2, -0.15) is 157 Å². The van der Waals surface area contributed by atoms with Gasteiger partial charge >= 0.3 is 0 Å². The Bertz CT molecular complexity index is 5640. The van der Waals surface area contributed by atoms with Gasteiger partial charge in [0.1, 0.15) is 52.4 Å². The minimum absolute atomic E-state index is 0. The smallest absolute Gasteiger partial charge is 0.145 e. The van der Waals surface area contributed by atoms with E-state index in [0.29, 0.717) is 5.92 Å². The number of anilines is 18. The van der Waals surface area contributed by atoms with Crippen molar-refractivity contribution >= 4 is 104 Å². The number of benzene rings is 10. The SMILES string of the molecule is CC(C)(C)c1cnc2c(n1)N(c1[c-]cccc1)[CH-]N2c1ccccc1.CC(C)(C)c1cnc2c(n1)N(c1[c-]cccc1)[CH-]N2c1ccccc1.CC(C)(C)c1cnc2c(n1)N(c1ccccc1)[CH-]C2c1[c-]cccc1.CC(C)Cc1cnc2c(n1)N(c1[c-]cccc1)[CH-]N2c1ccccc1.CCc1cnc2c(n1)N(c1[c-]cccc1)[CH-]N2c1ccccc1.[Ir].[Ir].[Ir].[Ir]. The van der Waals surface area contributed by atoms with E-state index in [-0.39, 0.29) is 103 Å². The zero-order chi connectivity index (χ0) is 85.2. The molecule has 1 unspecified atom stereocenters. The predicted molar refractivity (Wildman–Crippen MR) is 495 cm³/mol. The molecular formula is C104H97Ir4N19-10. The van der Waals surface area contributed by atoms with E-state index in [2.05, 4.69) is 221 Å². The van der Waals surface area contributed by atoms with Gasteiger partial charge in [-0.25, -0.2) is 51.4 Å². The molecule has 5 aromatic heterocycles. The standard InChI is InChI=1S/C22H21N3.3C21H20N4.C19H16N4.4Ir/c1-22(2,3)19-14-23-20-18(16-10-6-4-7-11-16)15-25(21(20)24-19)17-12-8-5-9-13-17;2*1-21(2,3)18-14-22-19-20(23-18)25(17-12-8-5-9-13-17)15-24(19)16-10-6-4-7-11-16;1-16(2)13-17-14-22-20-21(23-17)25(19-11-7-4-8-12-19)15-24(20)18-9-5-3-6-10-18;1-2-15-13-20-18-19(21-15)23(17-11-7-4-8-12-17)14-22(18)16-9-5-3-6-10-16;;;;/h4-10,12-15,18H,1-3H3;2*4-12,14-15H,1-3H3;3-11,14-16H,13H2,1-2H3;3-11,13-14H,2H2,1H3;;;;/q5*-2;;;;. The summed E-state index contributed by atoms with van der Waals surface area (Å²) >= 11 is 0. The van der Waals surface area contributed by atoms with Crippen molar-refractivity contribution in [3.63, 3.8) is 0 Å². The number of fused-ring (bicyclic) bond motifs is 5. The number of rotatable bonds is 13. The van der Waals surface area contributed by atoms with Crippen LogP contribution in [0.4, 0.5) is 104 Å². The van der Waals surface area contributed by atoms with Crippen molar-refractivity contribution in [2.45, 2.75) is 118 Å². The van der Waals surface area contributed by atoms with Crippen LogP contribution in [-0.4, -0.2) is 49.8 Å². The maximum Gasteiger partial charge on any atom is 0.145 e. The van der Waals surface area contributed by atoms with Crippen molar-refractivity contribution in [1.82, 2.24) is 49.8 Å². The molecule has 0 bridgehead atoms. The van der Waals surface area contributed by atoms with Crippen LogP contribution in [0.1, 0.15) is 129 Å². The van der Waals surface area contributed by atoms with Crippen molar-refractivity contribution in [3.8, 4) is 0 Å². The molecule has 5 aliphatic heterocycles. The number of hydrogen-bond acceptors (Lipinski definition) is 19. The van der Waals surface area contributed by atoms with Crippen LogP contribution < -0.4 is 44.1 Å². The molecule has 1 atom stereocenters. The van der Waals surface area contributed by atoms with E-state index in [0.717, 1.165) is 156 Å². The Morgan fingerprint density at radius 3 is 0.866 bits per heavy atom. The van der Waals surface area contributed by atoms with Crippen LogP contribution in [0.3, 0.4) is 0 Å². The van der Waals surface area contributed by atoms with Gasteiger partial charge in [0, 0.05) is 131 Å². The maximum absolute atomic E-state index is 4.98. The van der Waals surface area contributed by atoms with Crippen LogP contribution in [0.2, 0.25) is 0 Å². The Morgan fingerprint density at radius 1 is 0.291 bits per heavy atom. The van der Waals surface area contributed by atoms with Crippen molar-refractivity contribution < 1.29 is 80.4 Å².